The van der Waals surface area contributed by atoms with Gasteiger partial charge in [-0.05, 0) is 13.0 Å². The molecular formula is C16H15N9O3. The van der Waals surface area contributed by atoms with Gasteiger partial charge in [0, 0.05) is 25.0 Å². The normalized spacial score (nSPS) is 11.2. The number of hydrogen-bond donors (Lipinski definition) is 3. The van der Waals surface area contributed by atoms with Crippen molar-refractivity contribution in [2.24, 2.45) is 12.8 Å². The number of aryl methyl sites for hydroxylation is 2. The van der Waals surface area contributed by atoms with E-state index in [-0.39, 0.29) is 23.0 Å². The summed E-state index contributed by atoms with van der Waals surface area (Å²) in [5.74, 6) is -1.28. The van der Waals surface area contributed by atoms with E-state index in [1.165, 1.54) is 10.7 Å². The molecule has 1 amide bonds. The number of nitrogens with one attached hydrogen (secondary N) is 1. The molecular weight excluding hydrogens is 366 g/mol. The highest BCUT2D eigenvalue weighted by atomic mass is 16.4. The summed E-state index contributed by atoms with van der Waals surface area (Å²) < 4.78 is 3.08. The first-order valence-electron chi connectivity index (χ1n) is 8.26. The molecule has 0 atom stereocenters. The van der Waals surface area contributed by atoms with Gasteiger partial charge in [-0.2, -0.15) is 15.3 Å². The topological polar surface area (TPSA) is 170 Å². The molecule has 142 valence electrons. The minimum Gasteiger partial charge on any atom is -0.476 e. The first-order valence-corrected chi connectivity index (χ1v) is 8.26. The zero-order chi connectivity index (χ0) is 20.0. The van der Waals surface area contributed by atoms with E-state index in [2.05, 4.69) is 30.4 Å². The zero-order valence-electron chi connectivity index (χ0n) is 14.9. The maximum atomic E-state index is 11.7. The number of aromatic amines is 1. The van der Waals surface area contributed by atoms with Crippen LogP contribution < -0.4 is 5.73 Å². The number of aromatic nitrogens is 8. The van der Waals surface area contributed by atoms with E-state index < -0.39 is 11.9 Å². The van der Waals surface area contributed by atoms with E-state index >= 15 is 0 Å². The van der Waals surface area contributed by atoms with Crippen molar-refractivity contribution >= 4 is 22.8 Å². The highest BCUT2D eigenvalue weighted by Gasteiger charge is 2.20. The second kappa shape index (κ2) is 6.26. The Labute approximate surface area is 157 Å². The van der Waals surface area contributed by atoms with Gasteiger partial charge in [0.25, 0.3) is 5.91 Å². The third-order valence-electron chi connectivity index (χ3n) is 4.24. The van der Waals surface area contributed by atoms with Crippen molar-refractivity contribution in [2.45, 2.75) is 13.5 Å². The first-order chi connectivity index (χ1) is 13.4. The van der Waals surface area contributed by atoms with Gasteiger partial charge < -0.3 is 10.8 Å². The lowest BCUT2D eigenvalue weighted by Gasteiger charge is -2.03. The summed E-state index contributed by atoms with van der Waals surface area (Å²) in [6.07, 6.45) is 1.60. The molecule has 12 heteroatoms. The Morgan fingerprint density at radius 1 is 1.25 bits per heavy atom. The van der Waals surface area contributed by atoms with E-state index in [9.17, 15) is 9.59 Å². The average Bonchev–Trinajstić information content (AvgIpc) is 3.38. The predicted molar refractivity (Wildman–Crippen MR) is 96.3 cm³/mol. The average molecular weight is 381 g/mol. The van der Waals surface area contributed by atoms with E-state index in [1.54, 1.807) is 24.0 Å². The van der Waals surface area contributed by atoms with Gasteiger partial charge in [-0.15, -0.1) is 0 Å². The maximum Gasteiger partial charge on any atom is 0.356 e. The molecule has 4 heterocycles. The summed E-state index contributed by atoms with van der Waals surface area (Å²) in [4.78, 5) is 31.6. The van der Waals surface area contributed by atoms with Crippen LogP contribution in [-0.2, 0) is 13.6 Å². The van der Waals surface area contributed by atoms with Crippen molar-refractivity contribution in [3.05, 3.63) is 29.7 Å². The molecule has 4 aromatic heterocycles. The van der Waals surface area contributed by atoms with E-state index in [0.717, 1.165) is 0 Å². The number of nitrogens with zero attached hydrogens (tertiary/aromatic N) is 7. The number of carbonyl (C=O) groups is 2. The second-order valence-electron chi connectivity index (χ2n) is 5.96. The van der Waals surface area contributed by atoms with Gasteiger partial charge >= 0.3 is 5.97 Å². The third kappa shape index (κ3) is 2.67. The minimum absolute atomic E-state index is 0.0656. The smallest absolute Gasteiger partial charge is 0.356 e. The lowest BCUT2D eigenvalue weighted by molar-refractivity contribution is 0.0689. The molecule has 4 N–H and O–H groups in total. The van der Waals surface area contributed by atoms with Crippen LogP contribution >= 0.6 is 0 Å². The molecule has 0 aliphatic heterocycles. The largest absolute Gasteiger partial charge is 0.476 e. The lowest BCUT2D eigenvalue weighted by atomic mass is 10.2. The predicted octanol–water partition coefficient (Wildman–Crippen LogP) is 0.434. The Bertz CT molecular complexity index is 1230. The van der Waals surface area contributed by atoms with Crippen molar-refractivity contribution < 1.29 is 14.7 Å². The Morgan fingerprint density at radius 2 is 2.04 bits per heavy atom. The van der Waals surface area contributed by atoms with Gasteiger partial charge in [-0.3, -0.25) is 19.3 Å². The van der Waals surface area contributed by atoms with Gasteiger partial charge in [0.1, 0.15) is 17.1 Å². The Morgan fingerprint density at radius 3 is 2.71 bits per heavy atom. The number of carboxylic acids is 1. The van der Waals surface area contributed by atoms with Gasteiger partial charge in [0.2, 0.25) is 0 Å². The van der Waals surface area contributed by atoms with Crippen molar-refractivity contribution in [3.8, 4) is 23.0 Å². The van der Waals surface area contributed by atoms with E-state index in [1.807, 2.05) is 6.92 Å². The monoisotopic (exact) mass is 381 g/mol. The summed E-state index contributed by atoms with van der Waals surface area (Å²) in [6, 6.07) is 2.95. The minimum atomic E-state index is -1.14. The van der Waals surface area contributed by atoms with Crippen LogP contribution in [0, 0.1) is 0 Å². The Hall–Kier alpha value is -4.09. The molecule has 0 aliphatic rings. The molecule has 0 spiro atoms. The number of nitrogens with two attached hydrogens (primary N) is 1. The number of carboxylic acid groups (broad SMARTS) is 1. The molecule has 4 rings (SSSR count). The number of hydrogen-bond acceptors (Lipinski definition) is 7. The number of aromatic carboxylic acids is 1. The summed E-state index contributed by atoms with van der Waals surface area (Å²) >= 11 is 0. The van der Waals surface area contributed by atoms with Crippen molar-refractivity contribution in [1.29, 1.82) is 0 Å². The lowest BCUT2D eigenvalue weighted by Crippen LogP contribution is -2.13. The SMILES string of the molecule is CCn1nc(C(=O)O)cc1-c1n[nH]c(-c2nc(C(N)=O)cc3c2cnn3C)n1. The molecule has 4 aromatic rings. The summed E-state index contributed by atoms with van der Waals surface area (Å²) in [5, 5.41) is 24.9. The Kier molecular flexibility index (Phi) is 3.88. The molecule has 0 radical (unpaired) electrons. The molecule has 0 aromatic carbocycles. The zero-order valence-corrected chi connectivity index (χ0v) is 14.9. The number of amides is 1. The van der Waals surface area contributed by atoms with Crippen LogP contribution in [0.1, 0.15) is 27.9 Å². The molecule has 28 heavy (non-hydrogen) atoms. The van der Waals surface area contributed by atoms with Crippen LogP contribution in [0.3, 0.4) is 0 Å². The molecule has 12 nitrogen and oxygen atoms in total. The number of pyridine rings is 1. The fourth-order valence-electron chi connectivity index (χ4n) is 2.87. The fourth-order valence-corrected chi connectivity index (χ4v) is 2.87. The van der Waals surface area contributed by atoms with Gasteiger partial charge in [-0.1, -0.05) is 0 Å². The summed E-state index contributed by atoms with van der Waals surface area (Å²) in [7, 11) is 1.73. The summed E-state index contributed by atoms with van der Waals surface area (Å²) in [5.41, 5.74) is 6.81. The molecule has 0 bridgehead atoms. The van der Waals surface area contributed by atoms with Crippen molar-refractivity contribution in [2.75, 3.05) is 0 Å². The van der Waals surface area contributed by atoms with Gasteiger partial charge in [-0.25, -0.2) is 14.8 Å². The van der Waals surface area contributed by atoms with Gasteiger partial charge in [0.05, 0.1) is 11.7 Å². The van der Waals surface area contributed by atoms with Crippen LogP contribution in [0.5, 0.6) is 0 Å². The van der Waals surface area contributed by atoms with Crippen molar-refractivity contribution in [3.63, 3.8) is 0 Å². The molecule has 0 saturated carbocycles. The first kappa shape index (κ1) is 17.3. The highest BCUT2D eigenvalue weighted by Crippen LogP contribution is 2.27. The van der Waals surface area contributed by atoms with Crippen LogP contribution in [0.2, 0.25) is 0 Å². The molecule has 0 aliphatic carbocycles. The van der Waals surface area contributed by atoms with Crippen LogP contribution in [-0.4, -0.2) is 56.7 Å². The van der Waals surface area contributed by atoms with Crippen LogP contribution in [0.4, 0.5) is 0 Å². The molecule has 0 unspecified atom stereocenters. The van der Waals surface area contributed by atoms with E-state index in [0.29, 0.717) is 28.8 Å². The number of primary amides is 1. The van der Waals surface area contributed by atoms with E-state index in [4.69, 9.17) is 10.8 Å². The third-order valence-corrected chi connectivity index (χ3v) is 4.24. The number of rotatable bonds is 5. The highest BCUT2D eigenvalue weighted by molar-refractivity contribution is 5.99. The number of fused-ring (bicyclic) bond motifs is 1. The summed E-state index contributed by atoms with van der Waals surface area (Å²) in [6.45, 7) is 2.27. The van der Waals surface area contributed by atoms with Crippen LogP contribution in [0.15, 0.2) is 18.3 Å². The van der Waals surface area contributed by atoms with Crippen molar-refractivity contribution in [1.82, 2.24) is 39.7 Å². The van der Waals surface area contributed by atoms with Gasteiger partial charge in [0.15, 0.2) is 17.3 Å². The molecule has 0 fully saturated rings. The maximum absolute atomic E-state index is 11.7. The standard InChI is InChI=1S/C16H15N9O3/c1-3-25-11(5-9(23-25)16(27)28)14-20-15(22-21-14)12-7-6-18-24(2)10(7)4-8(19-12)13(17)26/h4-6H,3H2,1-2H3,(H2,17,26)(H,27,28)(H,20,21,22). The molecule has 0 saturated heterocycles. The second-order valence-corrected chi connectivity index (χ2v) is 5.96. The quantitative estimate of drug-likeness (QED) is 0.447. The Balaban J connectivity index is 1.87. The number of carbonyl (C=O) groups excluding carboxylic acids is 1. The number of H-pyrrole nitrogens is 1. The van der Waals surface area contributed by atoms with Crippen LogP contribution in [0.25, 0.3) is 33.9 Å². The fraction of sp³-hybridized carbons (Fsp3) is 0.188.